The number of hydrogen-bond acceptors (Lipinski definition) is 4. The Balaban J connectivity index is 1.64. The zero-order valence-electron chi connectivity index (χ0n) is 17.2. The van der Waals surface area contributed by atoms with E-state index in [1.807, 2.05) is 29.5 Å². The highest BCUT2D eigenvalue weighted by atomic mass is 16.1. The maximum absolute atomic E-state index is 12.8. The summed E-state index contributed by atoms with van der Waals surface area (Å²) in [5.41, 5.74) is 4.54. The summed E-state index contributed by atoms with van der Waals surface area (Å²) in [7, 11) is 1.74. The van der Waals surface area contributed by atoms with Crippen LogP contribution < -0.4 is 5.56 Å². The highest BCUT2D eigenvalue weighted by Gasteiger charge is 2.28. The van der Waals surface area contributed by atoms with Gasteiger partial charge >= 0.3 is 0 Å². The van der Waals surface area contributed by atoms with Crippen molar-refractivity contribution in [2.45, 2.75) is 32.4 Å². The fraction of sp³-hybridized carbons (Fsp3) is 0.292. The fourth-order valence-electron chi connectivity index (χ4n) is 4.65. The summed E-state index contributed by atoms with van der Waals surface area (Å²) < 4.78 is 3.55. The minimum Gasteiger partial charge on any atom is -0.279 e. The van der Waals surface area contributed by atoms with Crippen molar-refractivity contribution >= 4 is 16.7 Å². The molecule has 0 saturated carbocycles. The molecule has 1 aliphatic carbocycles. The van der Waals surface area contributed by atoms with Gasteiger partial charge in [0, 0.05) is 13.1 Å². The Labute approximate surface area is 174 Å². The van der Waals surface area contributed by atoms with E-state index in [0.29, 0.717) is 24.3 Å². The number of hydrogen-bond donors (Lipinski definition) is 0. The minimum absolute atomic E-state index is 0.0645. The Kier molecular flexibility index (Phi) is 4.41. The molecule has 1 atom stereocenters. The number of nitrogens with zero attached hydrogens (tertiary/aromatic N) is 5. The maximum atomic E-state index is 12.8. The standard InChI is InChI=1S/C24H23N5O/c1-4-13-28(20-12-10-17-7-5-6-8-18(17)20)15-22-25-26-24-27(3)23(30)19-14-16(2)9-11-21(19)29(22)24/h1,5-9,11,14,20H,10,12-13,15H2,2-3H3. The smallest absolute Gasteiger partial charge is 0.262 e. The maximum Gasteiger partial charge on any atom is 0.262 e. The number of terminal acetylenes is 1. The Hall–Kier alpha value is -3.43. The monoisotopic (exact) mass is 397 g/mol. The zero-order valence-corrected chi connectivity index (χ0v) is 17.2. The molecule has 2 heterocycles. The van der Waals surface area contributed by atoms with E-state index in [9.17, 15) is 4.79 Å². The molecule has 2 aromatic carbocycles. The molecule has 0 saturated heterocycles. The molecule has 6 nitrogen and oxygen atoms in total. The first-order valence-electron chi connectivity index (χ1n) is 10.2. The van der Waals surface area contributed by atoms with Gasteiger partial charge in [0.1, 0.15) is 0 Å². The van der Waals surface area contributed by atoms with Gasteiger partial charge in [-0.25, -0.2) is 0 Å². The van der Waals surface area contributed by atoms with Gasteiger partial charge in [0.05, 0.1) is 24.0 Å². The fourth-order valence-corrected chi connectivity index (χ4v) is 4.65. The Morgan fingerprint density at radius 1 is 1.23 bits per heavy atom. The minimum atomic E-state index is -0.0645. The summed E-state index contributed by atoms with van der Waals surface area (Å²) in [6.07, 6.45) is 7.82. The summed E-state index contributed by atoms with van der Waals surface area (Å²) in [5.74, 6) is 4.14. The molecule has 0 spiro atoms. The van der Waals surface area contributed by atoms with Crippen molar-refractivity contribution in [3.63, 3.8) is 0 Å². The van der Waals surface area contributed by atoms with Gasteiger partial charge < -0.3 is 0 Å². The van der Waals surface area contributed by atoms with Crippen molar-refractivity contribution in [1.29, 1.82) is 0 Å². The summed E-state index contributed by atoms with van der Waals surface area (Å²) >= 11 is 0. The van der Waals surface area contributed by atoms with Crippen molar-refractivity contribution in [3.05, 3.63) is 75.3 Å². The van der Waals surface area contributed by atoms with Crippen molar-refractivity contribution in [3.8, 4) is 12.3 Å². The van der Waals surface area contributed by atoms with Gasteiger partial charge in [-0.15, -0.1) is 16.6 Å². The van der Waals surface area contributed by atoms with Crippen LogP contribution in [0, 0.1) is 19.3 Å². The second kappa shape index (κ2) is 7.12. The normalized spacial score (nSPS) is 15.7. The number of aryl methyl sites for hydroxylation is 3. The van der Waals surface area contributed by atoms with Gasteiger partial charge in [-0.05, 0) is 43.0 Å². The first-order valence-corrected chi connectivity index (χ1v) is 10.2. The quantitative estimate of drug-likeness (QED) is 0.497. The van der Waals surface area contributed by atoms with Crippen LogP contribution >= 0.6 is 0 Å². The van der Waals surface area contributed by atoms with E-state index in [4.69, 9.17) is 6.42 Å². The molecule has 0 N–H and O–H groups in total. The van der Waals surface area contributed by atoms with Crippen LogP contribution in [0.1, 0.15) is 35.0 Å². The number of aromatic nitrogens is 4. The lowest BCUT2D eigenvalue weighted by molar-refractivity contribution is 0.207. The van der Waals surface area contributed by atoms with Crippen LogP contribution in [-0.4, -0.2) is 30.6 Å². The van der Waals surface area contributed by atoms with Gasteiger partial charge in [-0.2, -0.15) is 0 Å². The molecule has 1 unspecified atom stereocenters. The van der Waals surface area contributed by atoms with Gasteiger partial charge in [0.25, 0.3) is 5.56 Å². The SMILES string of the molecule is C#CCN(Cc1nnc2n(C)c(=O)c3cc(C)ccc3n12)C1CCc2ccccc21. The zero-order chi connectivity index (χ0) is 20.8. The molecular weight excluding hydrogens is 374 g/mol. The third kappa shape index (κ3) is 2.82. The second-order valence-electron chi connectivity index (χ2n) is 8.00. The van der Waals surface area contributed by atoms with Crippen LogP contribution in [0.5, 0.6) is 0 Å². The lowest BCUT2D eigenvalue weighted by Gasteiger charge is -2.27. The summed E-state index contributed by atoms with van der Waals surface area (Å²) in [5, 5.41) is 9.46. The molecule has 2 aromatic heterocycles. The molecule has 6 heteroatoms. The number of rotatable bonds is 4. The lowest BCUT2D eigenvalue weighted by Crippen LogP contribution is -2.29. The predicted molar refractivity (Wildman–Crippen MR) is 117 cm³/mol. The van der Waals surface area contributed by atoms with Crippen LogP contribution in [0.3, 0.4) is 0 Å². The Morgan fingerprint density at radius 3 is 2.90 bits per heavy atom. The third-order valence-electron chi connectivity index (χ3n) is 6.12. The van der Waals surface area contributed by atoms with E-state index >= 15 is 0 Å². The molecule has 5 rings (SSSR count). The van der Waals surface area contributed by atoms with Crippen LogP contribution in [0.25, 0.3) is 16.7 Å². The highest BCUT2D eigenvalue weighted by Crippen LogP contribution is 2.36. The Morgan fingerprint density at radius 2 is 2.07 bits per heavy atom. The molecular formula is C24H23N5O. The van der Waals surface area contributed by atoms with E-state index in [1.165, 1.54) is 11.1 Å². The van der Waals surface area contributed by atoms with Gasteiger partial charge in [-0.3, -0.25) is 18.7 Å². The predicted octanol–water partition coefficient (Wildman–Crippen LogP) is 3.01. The van der Waals surface area contributed by atoms with Crippen LogP contribution in [0.2, 0.25) is 0 Å². The summed E-state index contributed by atoms with van der Waals surface area (Å²) in [6.45, 7) is 3.07. The van der Waals surface area contributed by atoms with Gasteiger partial charge in [0.2, 0.25) is 5.78 Å². The molecule has 0 bridgehead atoms. The van der Waals surface area contributed by atoms with E-state index in [-0.39, 0.29) is 11.6 Å². The molecule has 30 heavy (non-hydrogen) atoms. The van der Waals surface area contributed by atoms with E-state index in [1.54, 1.807) is 11.6 Å². The third-order valence-corrected chi connectivity index (χ3v) is 6.12. The lowest BCUT2D eigenvalue weighted by atomic mass is 10.1. The van der Waals surface area contributed by atoms with Crippen LogP contribution in [-0.2, 0) is 20.0 Å². The van der Waals surface area contributed by atoms with Gasteiger partial charge in [-0.1, -0.05) is 41.8 Å². The molecule has 4 aromatic rings. The number of fused-ring (bicyclic) bond motifs is 4. The first-order chi connectivity index (χ1) is 14.6. The first kappa shape index (κ1) is 18.6. The molecule has 0 aliphatic heterocycles. The van der Waals surface area contributed by atoms with Crippen LogP contribution in [0.4, 0.5) is 0 Å². The summed E-state index contributed by atoms with van der Waals surface area (Å²) in [6, 6.07) is 14.7. The van der Waals surface area contributed by atoms with Crippen LogP contribution in [0.15, 0.2) is 47.3 Å². The van der Waals surface area contributed by atoms with E-state index in [0.717, 1.165) is 29.7 Å². The van der Waals surface area contributed by atoms with Crippen molar-refractivity contribution in [2.75, 3.05) is 6.54 Å². The topological polar surface area (TPSA) is 55.4 Å². The number of benzene rings is 2. The van der Waals surface area contributed by atoms with Crippen molar-refractivity contribution < 1.29 is 0 Å². The summed E-state index contributed by atoms with van der Waals surface area (Å²) in [4.78, 5) is 15.1. The molecule has 0 radical (unpaired) electrons. The second-order valence-corrected chi connectivity index (χ2v) is 8.00. The van der Waals surface area contributed by atoms with Gasteiger partial charge in [0.15, 0.2) is 5.82 Å². The average Bonchev–Trinajstić information content (AvgIpc) is 3.36. The largest absolute Gasteiger partial charge is 0.279 e. The molecule has 0 amide bonds. The highest BCUT2D eigenvalue weighted by molar-refractivity contribution is 5.81. The van der Waals surface area contributed by atoms with Crippen molar-refractivity contribution in [2.24, 2.45) is 7.05 Å². The van der Waals surface area contributed by atoms with Crippen molar-refractivity contribution in [1.82, 2.24) is 24.1 Å². The Bertz CT molecular complexity index is 1370. The molecule has 150 valence electrons. The van der Waals surface area contributed by atoms with E-state index in [2.05, 4.69) is 45.3 Å². The van der Waals surface area contributed by atoms with E-state index < -0.39 is 0 Å². The molecule has 0 fully saturated rings. The average molecular weight is 397 g/mol. The molecule has 1 aliphatic rings.